The Labute approximate surface area is 150 Å². The molecule has 12 N–H and O–H groups in total. The van der Waals surface area contributed by atoms with E-state index in [2.05, 4.69) is 10.1 Å². The molecular weight excluding hydrogens is 336 g/mol. The molecule has 1 heterocycles. The van der Waals surface area contributed by atoms with E-state index in [4.69, 9.17) is 36.4 Å². The monoisotopic (exact) mass is 376 g/mol. The molecular formula is C14H40N4O7. The molecule has 0 atom stereocenters. The first kappa shape index (κ1) is 32.3. The number of nitrogens with zero attached hydrogens (tertiary/aromatic N) is 1. The van der Waals surface area contributed by atoms with Gasteiger partial charge in [0, 0.05) is 39.3 Å². The highest BCUT2D eigenvalue weighted by Crippen LogP contribution is 1.85. The van der Waals surface area contributed by atoms with Gasteiger partial charge in [-0.25, -0.2) is 0 Å². The quantitative estimate of drug-likeness (QED) is 0.125. The van der Waals surface area contributed by atoms with Crippen LogP contribution in [0.3, 0.4) is 0 Å². The topological polar surface area (TPSA) is 210 Å². The van der Waals surface area contributed by atoms with Crippen LogP contribution in [0.4, 0.5) is 0 Å². The Balaban J connectivity index is -0.000000127. The molecule has 158 valence electrons. The van der Waals surface area contributed by atoms with Gasteiger partial charge in [0.25, 0.3) is 0 Å². The zero-order valence-corrected chi connectivity index (χ0v) is 15.2. The average molecular weight is 376 g/mol. The molecule has 1 saturated heterocycles. The van der Waals surface area contributed by atoms with E-state index in [9.17, 15) is 0 Å². The van der Waals surface area contributed by atoms with Crippen LogP contribution in [-0.2, 0) is 4.74 Å². The van der Waals surface area contributed by atoms with Gasteiger partial charge >= 0.3 is 0 Å². The number of nitrogens with two attached hydrogens (primary N) is 1. The zero-order chi connectivity index (χ0) is 18.9. The molecule has 0 aromatic carbocycles. The SMILES string of the molecule is C1CO1.N.NCCO.OCCN(CCO)CCO.OCCNCCO. The molecule has 0 saturated carbocycles. The van der Waals surface area contributed by atoms with Gasteiger partial charge in [0.05, 0.1) is 52.9 Å². The second kappa shape index (κ2) is 34.8. The lowest BCUT2D eigenvalue weighted by Gasteiger charge is -2.17. The number of epoxide rings is 1. The standard InChI is InChI=1S/C6H15NO3.C4H11NO2.C2H7NO.C2H4O.H3N/c8-4-1-7(2-5-9)3-6-10;6-3-1-5-2-4-7;3-1-2-4;1-2-3-1;/h8-10H,1-6H2;5-7H,1-4H2;4H,1-3H2;1-2H2;1H3. The van der Waals surface area contributed by atoms with Gasteiger partial charge in [-0.1, -0.05) is 0 Å². The second-order valence-electron chi connectivity index (χ2n) is 4.33. The third-order valence-corrected chi connectivity index (χ3v) is 2.16. The smallest absolute Gasteiger partial charge is 0.0701 e. The van der Waals surface area contributed by atoms with Gasteiger partial charge in [0.15, 0.2) is 0 Å². The minimum Gasteiger partial charge on any atom is -0.395 e. The Hall–Kier alpha value is -0.440. The molecule has 1 rings (SSSR count). The van der Waals surface area contributed by atoms with E-state index in [0.29, 0.717) is 39.3 Å². The summed E-state index contributed by atoms with van der Waals surface area (Å²) >= 11 is 0. The van der Waals surface area contributed by atoms with Crippen molar-refractivity contribution in [2.45, 2.75) is 0 Å². The van der Waals surface area contributed by atoms with Crippen molar-refractivity contribution in [2.24, 2.45) is 5.73 Å². The van der Waals surface area contributed by atoms with E-state index in [1.165, 1.54) is 0 Å². The van der Waals surface area contributed by atoms with Gasteiger partial charge < -0.3 is 52.6 Å². The highest BCUT2D eigenvalue weighted by atomic mass is 16.6. The van der Waals surface area contributed by atoms with E-state index in [-0.39, 0.29) is 45.8 Å². The fraction of sp³-hybridized carbons (Fsp3) is 1.00. The Bertz CT molecular complexity index is 172. The first-order valence-corrected chi connectivity index (χ1v) is 8.04. The molecule has 11 heteroatoms. The van der Waals surface area contributed by atoms with Crippen molar-refractivity contribution in [2.75, 3.05) is 92.1 Å². The number of aliphatic hydroxyl groups excluding tert-OH is 6. The summed E-state index contributed by atoms with van der Waals surface area (Å²) in [5.74, 6) is 0. The van der Waals surface area contributed by atoms with Crippen LogP contribution in [0.5, 0.6) is 0 Å². The molecule has 25 heavy (non-hydrogen) atoms. The number of hydrogen-bond acceptors (Lipinski definition) is 11. The van der Waals surface area contributed by atoms with Crippen molar-refractivity contribution in [3.05, 3.63) is 0 Å². The minimum absolute atomic E-state index is 0. The predicted octanol–water partition coefficient (Wildman–Crippen LogP) is -4.06. The second-order valence-corrected chi connectivity index (χ2v) is 4.33. The zero-order valence-electron chi connectivity index (χ0n) is 15.2. The van der Waals surface area contributed by atoms with Crippen molar-refractivity contribution in [3.8, 4) is 0 Å². The Morgan fingerprint density at radius 1 is 0.720 bits per heavy atom. The minimum atomic E-state index is 0. The molecule has 0 aromatic heterocycles. The van der Waals surface area contributed by atoms with Gasteiger partial charge in [0.2, 0.25) is 0 Å². The van der Waals surface area contributed by atoms with Gasteiger partial charge in [-0.15, -0.1) is 0 Å². The summed E-state index contributed by atoms with van der Waals surface area (Å²) in [5.41, 5.74) is 4.78. The summed E-state index contributed by atoms with van der Waals surface area (Å²) in [6.07, 6.45) is 0. The first-order chi connectivity index (χ1) is 11.7. The van der Waals surface area contributed by atoms with Gasteiger partial charge in [0.1, 0.15) is 0 Å². The highest BCUT2D eigenvalue weighted by molar-refractivity contribution is 4.54. The van der Waals surface area contributed by atoms with Crippen LogP contribution in [0, 0.1) is 0 Å². The lowest BCUT2D eigenvalue weighted by atomic mass is 10.4. The molecule has 11 nitrogen and oxygen atoms in total. The van der Waals surface area contributed by atoms with Crippen LogP contribution in [0.1, 0.15) is 0 Å². The van der Waals surface area contributed by atoms with Gasteiger partial charge in [-0.2, -0.15) is 0 Å². The molecule has 0 amide bonds. The fourth-order valence-corrected chi connectivity index (χ4v) is 1.04. The van der Waals surface area contributed by atoms with E-state index >= 15 is 0 Å². The molecule has 1 aliphatic rings. The van der Waals surface area contributed by atoms with Crippen molar-refractivity contribution < 1.29 is 35.4 Å². The molecule has 0 spiro atoms. The molecule has 1 fully saturated rings. The lowest BCUT2D eigenvalue weighted by Crippen LogP contribution is -2.32. The number of ether oxygens (including phenoxy) is 1. The Kier molecular flexibility index (Phi) is 44.9. The normalized spacial score (nSPS) is 11.0. The summed E-state index contributed by atoms with van der Waals surface area (Å²) in [5, 5.41) is 52.3. The fourth-order valence-electron chi connectivity index (χ4n) is 1.04. The molecule has 0 unspecified atom stereocenters. The summed E-state index contributed by atoms with van der Waals surface area (Å²) in [7, 11) is 0. The van der Waals surface area contributed by atoms with Crippen LogP contribution in [0.15, 0.2) is 0 Å². The third-order valence-electron chi connectivity index (χ3n) is 2.16. The van der Waals surface area contributed by atoms with E-state index < -0.39 is 0 Å². The molecule has 1 aliphatic heterocycles. The lowest BCUT2D eigenvalue weighted by molar-refractivity contribution is 0.136. The van der Waals surface area contributed by atoms with Gasteiger partial charge in [-0.05, 0) is 0 Å². The van der Waals surface area contributed by atoms with Crippen LogP contribution < -0.4 is 17.2 Å². The molecule has 0 aliphatic carbocycles. The van der Waals surface area contributed by atoms with Gasteiger partial charge in [-0.3, -0.25) is 4.90 Å². The maximum atomic E-state index is 8.48. The third kappa shape index (κ3) is 51.7. The largest absolute Gasteiger partial charge is 0.395 e. The molecule has 0 bridgehead atoms. The number of aliphatic hydroxyl groups is 6. The molecule has 0 radical (unpaired) electrons. The number of hydrogen-bond donors (Lipinski definition) is 9. The van der Waals surface area contributed by atoms with Crippen molar-refractivity contribution >= 4 is 0 Å². The van der Waals surface area contributed by atoms with E-state index in [1.54, 1.807) is 4.90 Å². The van der Waals surface area contributed by atoms with Crippen molar-refractivity contribution in [3.63, 3.8) is 0 Å². The average Bonchev–Trinajstić information content (AvgIpc) is 3.46. The molecule has 0 aromatic rings. The first-order valence-electron chi connectivity index (χ1n) is 8.04. The maximum absolute atomic E-state index is 8.48. The van der Waals surface area contributed by atoms with Crippen LogP contribution in [-0.4, -0.2) is 128 Å². The highest BCUT2D eigenvalue weighted by Gasteiger charge is 2.00. The maximum Gasteiger partial charge on any atom is 0.0701 e. The summed E-state index contributed by atoms with van der Waals surface area (Å²) < 4.78 is 4.50. The van der Waals surface area contributed by atoms with Crippen LogP contribution in [0.25, 0.3) is 0 Å². The van der Waals surface area contributed by atoms with Crippen LogP contribution in [0.2, 0.25) is 0 Å². The van der Waals surface area contributed by atoms with Crippen LogP contribution >= 0.6 is 0 Å². The van der Waals surface area contributed by atoms with Crippen molar-refractivity contribution in [1.29, 1.82) is 0 Å². The summed E-state index contributed by atoms with van der Waals surface area (Å²) in [4.78, 5) is 1.79. The summed E-state index contributed by atoms with van der Waals surface area (Å²) in [6, 6.07) is 0. The van der Waals surface area contributed by atoms with E-state index in [0.717, 1.165) is 13.2 Å². The number of rotatable bonds is 11. The Morgan fingerprint density at radius 2 is 1.04 bits per heavy atom. The summed E-state index contributed by atoms with van der Waals surface area (Å²) in [6.45, 7) is 5.64. The van der Waals surface area contributed by atoms with Crippen molar-refractivity contribution in [1.82, 2.24) is 16.4 Å². The van der Waals surface area contributed by atoms with E-state index in [1.807, 2.05) is 0 Å². The Morgan fingerprint density at radius 3 is 1.20 bits per heavy atom. The predicted molar refractivity (Wildman–Crippen MR) is 96.7 cm³/mol. The number of nitrogens with one attached hydrogen (secondary N) is 1.